The van der Waals surface area contributed by atoms with Crippen LogP contribution in [0.15, 0.2) is 24.6 Å². The summed E-state index contributed by atoms with van der Waals surface area (Å²) >= 11 is 0. The highest BCUT2D eigenvalue weighted by atomic mass is 14.8. The number of hydrogen-bond donors (Lipinski definition) is 1. The van der Waals surface area contributed by atoms with Gasteiger partial charge in [0, 0.05) is 0 Å². The second-order valence-electron chi connectivity index (χ2n) is 3.04. The predicted molar refractivity (Wildman–Crippen MR) is 49.0 cm³/mol. The Morgan fingerprint density at radius 3 is 2.55 bits per heavy atom. The second kappa shape index (κ2) is 5.00. The van der Waals surface area contributed by atoms with Crippen LogP contribution in [0.2, 0.25) is 0 Å². The maximum atomic E-state index is 3.04. The van der Waals surface area contributed by atoms with Crippen molar-refractivity contribution < 1.29 is 0 Å². The molecule has 1 aliphatic rings. The number of nitrogens with one attached hydrogen (secondary N) is 1. The monoisotopic (exact) mass is 151 g/mol. The molecule has 1 heterocycles. The van der Waals surface area contributed by atoms with Gasteiger partial charge in [-0.1, -0.05) is 38.3 Å². The molecule has 1 aliphatic heterocycles. The third kappa shape index (κ3) is 3.26. The Hall–Kier alpha value is -0.720. The SMILES string of the molecule is CCCCCC1C=CNC=C1. The van der Waals surface area contributed by atoms with E-state index in [0.717, 1.165) is 0 Å². The average molecular weight is 151 g/mol. The standard InChI is InChI=1S/C10H17N/c1-2-3-4-5-10-6-8-11-9-7-10/h6-11H,2-5H2,1H3. The van der Waals surface area contributed by atoms with Crippen LogP contribution >= 0.6 is 0 Å². The number of hydrogen-bond acceptors (Lipinski definition) is 1. The van der Waals surface area contributed by atoms with Crippen LogP contribution in [-0.2, 0) is 0 Å². The van der Waals surface area contributed by atoms with E-state index >= 15 is 0 Å². The molecule has 0 atom stereocenters. The van der Waals surface area contributed by atoms with Crippen LogP contribution in [0.5, 0.6) is 0 Å². The first-order valence-electron chi connectivity index (χ1n) is 4.53. The molecule has 0 spiro atoms. The normalized spacial score (nSPS) is 16.8. The lowest BCUT2D eigenvalue weighted by Crippen LogP contribution is -2.03. The minimum absolute atomic E-state index is 0.683. The molecule has 62 valence electrons. The Labute approximate surface area is 69.2 Å². The lowest BCUT2D eigenvalue weighted by Gasteiger charge is -2.10. The Morgan fingerprint density at radius 2 is 1.91 bits per heavy atom. The molecule has 0 aromatic carbocycles. The molecule has 1 rings (SSSR count). The van der Waals surface area contributed by atoms with E-state index < -0.39 is 0 Å². The largest absolute Gasteiger partial charge is 0.368 e. The highest BCUT2D eigenvalue weighted by molar-refractivity contribution is 5.05. The molecule has 0 aromatic rings. The van der Waals surface area contributed by atoms with Gasteiger partial charge in [-0.15, -0.1) is 0 Å². The molecule has 0 unspecified atom stereocenters. The molecule has 0 saturated heterocycles. The molecule has 1 N–H and O–H groups in total. The quantitative estimate of drug-likeness (QED) is 0.609. The molecule has 0 saturated carbocycles. The van der Waals surface area contributed by atoms with Gasteiger partial charge in [0.2, 0.25) is 0 Å². The lowest BCUT2D eigenvalue weighted by atomic mass is 10.0. The van der Waals surface area contributed by atoms with Gasteiger partial charge in [-0.05, 0) is 24.7 Å². The maximum Gasteiger partial charge on any atom is -0.00188 e. The molecule has 0 aliphatic carbocycles. The predicted octanol–water partition coefficient (Wildman–Crippen LogP) is 2.81. The van der Waals surface area contributed by atoms with Crippen molar-refractivity contribution in [3.63, 3.8) is 0 Å². The molecular formula is C10H17N. The third-order valence-electron chi connectivity index (χ3n) is 2.02. The summed E-state index contributed by atoms with van der Waals surface area (Å²) in [6.07, 6.45) is 13.9. The van der Waals surface area contributed by atoms with Crippen molar-refractivity contribution >= 4 is 0 Å². The fourth-order valence-electron chi connectivity index (χ4n) is 1.30. The highest BCUT2D eigenvalue weighted by Crippen LogP contribution is 2.13. The van der Waals surface area contributed by atoms with Crippen LogP contribution in [0.4, 0.5) is 0 Å². The van der Waals surface area contributed by atoms with E-state index in [-0.39, 0.29) is 0 Å². The molecule has 0 radical (unpaired) electrons. The van der Waals surface area contributed by atoms with Gasteiger partial charge in [0.05, 0.1) is 0 Å². The van der Waals surface area contributed by atoms with Gasteiger partial charge in [0.25, 0.3) is 0 Å². The Bertz CT molecular complexity index is 135. The van der Waals surface area contributed by atoms with Gasteiger partial charge in [-0.2, -0.15) is 0 Å². The number of rotatable bonds is 4. The van der Waals surface area contributed by atoms with Crippen molar-refractivity contribution in [2.45, 2.75) is 32.6 Å². The van der Waals surface area contributed by atoms with Crippen molar-refractivity contribution in [1.82, 2.24) is 5.32 Å². The summed E-state index contributed by atoms with van der Waals surface area (Å²) in [6.45, 7) is 2.24. The second-order valence-corrected chi connectivity index (χ2v) is 3.04. The highest BCUT2D eigenvalue weighted by Gasteiger charge is 2.00. The summed E-state index contributed by atoms with van der Waals surface area (Å²) < 4.78 is 0. The van der Waals surface area contributed by atoms with Crippen LogP contribution in [0.1, 0.15) is 32.6 Å². The van der Waals surface area contributed by atoms with Crippen LogP contribution in [-0.4, -0.2) is 0 Å². The van der Waals surface area contributed by atoms with Gasteiger partial charge in [-0.25, -0.2) is 0 Å². The zero-order chi connectivity index (χ0) is 7.94. The van der Waals surface area contributed by atoms with Crippen molar-refractivity contribution in [3.05, 3.63) is 24.6 Å². The van der Waals surface area contributed by atoms with Crippen LogP contribution in [0, 0.1) is 5.92 Å². The minimum atomic E-state index is 0.683. The first-order chi connectivity index (χ1) is 5.43. The first kappa shape index (κ1) is 8.38. The molecule has 0 fully saturated rings. The summed E-state index contributed by atoms with van der Waals surface area (Å²) in [5.41, 5.74) is 0. The van der Waals surface area contributed by atoms with E-state index in [1.54, 1.807) is 0 Å². The van der Waals surface area contributed by atoms with Crippen LogP contribution < -0.4 is 5.32 Å². The maximum absolute atomic E-state index is 3.04. The van der Waals surface area contributed by atoms with Crippen molar-refractivity contribution in [2.75, 3.05) is 0 Å². The van der Waals surface area contributed by atoms with E-state index in [0.29, 0.717) is 5.92 Å². The van der Waals surface area contributed by atoms with Crippen molar-refractivity contribution in [2.24, 2.45) is 5.92 Å². The lowest BCUT2D eigenvalue weighted by molar-refractivity contribution is 0.605. The zero-order valence-corrected chi connectivity index (χ0v) is 7.22. The van der Waals surface area contributed by atoms with E-state index in [1.807, 2.05) is 12.4 Å². The smallest absolute Gasteiger partial charge is 0.00188 e. The van der Waals surface area contributed by atoms with Crippen molar-refractivity contribution in [3.8, 4) is 0 Å². The number of allylic oxidation sites excluding steroid dienone is 2. The van der Waals surface area contributed by atoms with E-state index in [2.05, 4.69) is 24.4 Å². The van der Waals surface area contributed by atoms with Crippen LogP contribution in [0.3, 0.4) is 0 Å². The topological polar surface area (TPSA) is 12.0 Å². The first-order valence-corrected chi connectivity index (χ1v) is 4.53. The van der Waals surface area contributed by atoms with Crippen LogP contribution in [0.25, 0.3) is 0 Å². The van der Waals surface area contributed by atoms with Gasteiger partial charge in [-0.3, -0.25) is 0 Å². The number of dihydropyridines is 1. The Morgan fingerprint density at radius 1 is 1.18 bits per heavy atom. The summed E-state index contributed by atoms with van der Waals surface area (Å²) in [5.74, 6) is 0.683. The molecule has 1 heteroatoms. The van der Waals surface area contributed by atoms with E-state index in [9.17, 15) is 0 Å². The van der Waals surface area contributed by atoms with Gasteiger partial charge in [0.1, 0.15) is 0 Å². The Balaban J connectivity index is 2.10. The van der Waals surface area contributed by atoms with Gasteiger partial charge < -0.3 is 5.32 Å². The molecule has 0 bridgehead atoms. The molecule has 1 nitrogen and oxygen atoms in total. The van der Waals surface area contributed by atoms with Gasteiger partial charge >= 0.3 is 0 Å². The summed E-state index contributed by atoms with van der Waals surface area (Å²) in [4.78, 5) is 0. The number of unbranched alkanes of at least 4 members (excludes halogenated alkanes) is 2. The minimum Gasteiger partial charge on any atom is -0.368 e. The van der Waals surface area contributed by atoms with E-state index in [1.165, 1.54) is 25.7 Å². The van der Waals surface area contributed by atoms with Crippen molar-refractivity contribution in [1.29, 1.82) is 0 Å². The molecule has 11 heavy (non-hydrogen) atoms. The van der Waals surface area contributed by atoms with Gasteiger partial charge in [0.15, 0.2) is 0 Å². The fourth-order valence-corrected chi connectivity index (χ4v) is 1.30. The summed E-state index contributed by atoms with van der Waals surface area (Å²) in [6, 6.07) is 0. The molecule has 0 aromatic heterocycles. The summed E-state index contributed by atoms with van der Waals surface area (Å²) in [5, 5.41) is 3.04. The fraction of sp³-hybridized carbons (Fsp3) is 0.600. The molecule has 0 amide bonds. The molecular weight excluding hydrogens is 134 g/mol. The third-order valence-corrected chi connectivity index (χ3v) is 2.02. The average Bonchev–Trinajstić information content (AvgIpc) is 2.07. The summed E-state index contributed by atoms with van der Waals surface area (Å²) in [7, 11) is 0. The zero-order valence-electron chi connectivity index (χ0n) is 7.22. The Kier molecular flexibility index (Phi) is 3.81. The van der Waals surface area contributed by atoms with E-state index in [4.69, 9.17) is 0 Å².